The van der Waals surface area contributed by atoms with Gasteiger partial charge in [0.25, 0.3) is 0 Å². The van der Waals surface area contributed by atoms with E-state index in [4.69, 9.17) is 0 Å². The van der Waals surface area contributed by atoms with Crippen LogP contribution in [0, 0.1) is 29.1 Å². The summed E-state index contributed by atoms with van der Waals surface area (Å²) in [5.41, 5.74) is 2.53. The van der Waals surface area contributed by atoms with Gasteiger partial charge in [0.1, 0.15) is 0 Å². The van der Waals surface area contributed by atoms with Gasteiger partial charge in [-0.3, -0.25) is 9.59 Å². The van der Waals surface area contributed by atoms with Crippen LogP contribution in [0.25, 0.3) is 0 Å². The van der Waals surface area contributed by atoms with Crippen molar-refractivity contribution < 1.29 is 9.59 Å². The first-order valence-electron chi connectivity index (χ1n) is 11.2. The summed E-state index contributed by atoms with van der Waals surface area (Å²) in [5, 5.41) is 3.27. The van der Waals surface area contributed by atoms with E-state index in [1.807, 2.05) is 12.1 Å². The van der Waals surface area contributed by atoms with Crippen molar-refractivity contribution in [1.29, 1.82) is 0 Å². The van der Waals surface area contributed by atoms with Crippen LogP contribution in [0.2, 0.25) is 0 Å². The second kappa shape index (κ2) is 6.89. The molecule has 6 rings (SSSR count). The van der Waals surface area contributed by atoms with Crippen LogP contribution in [0.4, 0.5) is 5.69 Å². The fourth-order valence-corrected chi connectivity index (χ4v) is 6.97. The molecule has 1 saturated heterocycles. The molecule has 5 fully saturated rings. The molecule has 4 aliphatic carbocycles. The van der Waals surface area contributed by atoms with Gasteiger partial charge in [-0.1, -0.05) is 19.1 Å². The van der Waals surface area contributed by atoms with Gasteiger partial charge in [0.2, 0.25) is 11.8 Å². The Labute approximate surface area is 168 Å². The molecule has 1 aromatic carbocycles. The Balaban J connectivity index is 1.20. The Bertz CT molecular complexity index is 734. The maximum atomic E-state index is 12.9. The molecule has 2 amide bonds. The lowest BCUT2D eigenvalue weighted by Crippen LogP contribution is -2.51. The average molecular weight is 381 g/mol. The number of hydrogen-bond donors (Lipinski definition) is 1. The van der Waals surface area contributed by atoms with Crippen molar-refractivity contribution >= 4 is 17.5 Å². The zero-order valence-electron chi connectivity index (χ0n) is 17.0. The molecule has 150 valence electrons. The van der Waals surface area contributed by atoms with Gasteiger partial charge in [-0.25, -0.2) is 0 Å². The Kier molecular flexibility index (Phi) is 4.48. The number of carbonyl (C=O) groups is 2. The van der Waals surface area contributed by atoms with Crippen molar-refractivity contribution in [3.05, 3.63) is 29.8 Å². The lowest BCUT2D eigenvalue weighted by Gasteiger charge is -2.57. The van der Waals surface area contributed by atoms with Crippen LogP contribution in [0.5, 0.6) is 0 Å². The summed E-state index contributed by atoms with van der Waals surface area (Å²) in [6, 6.07) is 8.16. The minimum atomic E-state index is -0.215. The summed E-state index contributed by atoms with van der Waals surface area (Å²) in [4.78, 5) is 27.2. The van der Waals surface area contributed by atoms with Crippen molar-refractivity contribution in [1.82, 2.24) is 5.32 Å². The fraction of sp³-hybridized carbons (Fsp3) is 0.667. The average Bonchev–Trinajstić information content (AvgIpc) is 3.07. The molecule has 0 spiro atoms. The molecule has 1 aliphatic heterocycles. The largest absolute Gasteiger partial charge is 0.355 e. The van der Waals surface area contributed by atoms with E-state index in [2.05, 4.69) is 24.4 Å². The van der Waals surface area contributed by atoms with E-state index < -0.39 is 0 Å². The zero-order valence-corrected chi connectivity index (χ0v) is 17.0. The monoisotopic (exact) mass is 380 g/mol. The molecule has 28 heavy (non-hydrogen) atoms. The van der Waals surface area contributed by atoms with Gasteiger partial charge in [-0.15, -0.1) is 0 Å². The van der Waals surface area contributed by atoms with E-state index in [-0.39, 0.29) is 17.7 Å². The third-order valence-electron chi connectivity index (χ3n) is 7.95. The molecular formula is C24H32N2O2. The molecule has 5 aliphatic rings. The Morgan fingerprint density at radius 3 is 2.25 bits per heavy atom. The molecule has 0 radical (unpaired) electrons. The van der Waals surface area contributed by atoms with E-state index in [1.54, 1.807) is 4.90 Å². The van der Waals surface area contributed by atoms with Crippen molar-refractivity contribution in [2.24, 2.45) is 29.1 Å². The Hall–Kier alpha value is -1.84. The van der Waals surface area contributed by atoms with Gasteiger partial charge in [0.05, 0.1) is 5.92 Å². The van der Waals surface area contributed by atoms with Crippen LogP contribution in [0.15, 0.2) is 24.3 Å². The summed E-state index contributed by atoms with van der Waals surface area (Å²) in [6.07, 6.45) is 9.52. The van der Waals surface area contributed by atoms with E-state index in [0.717, 1.165) is 36.4 Å². The number of anilines is 1. The smallest absolute Gasteiger partial charge is 0.227 e. The minimum Gasteiger partial charge on any atom is -0.355 e. The lowest BCUT2D eigenvalue weighted by atomic mass is 9.49. The van der Waals surface area contributed by atoms with Gasteiger partial charge in [0, 0.05) is 25.2 Å². The fourth-order valence-electron chi connectivity index (χ4n) is 6.97. The number of rotatable bonds is 5. The second-order valence-corrected chi connectivity index (χ2v) is 10.1. The van der Waals surface area contributed by atoms with E-state index >= 15 is 0 Å². The van der Waals surface area contributed by atoms with Crippen LogP contribution in [0.3, 0.4) is 0 Å². The minimum absolute atomic E-state index is 0.0687. The number of benzene rings is 1. The molecular weight excluding hydrogens is 348 g/mol. The molecule has 1 aromatic rings. The topological polar surface area (TPSA) is 49.4 Å². The highest BCUT2D eigenvalue weighted by molar-refractivity contribution is 6.00. The van der Waals surface area contributed by atoms with Crippen LogP contribution in [0.1, 0.15) is 57.4 Å². The van der Waals surface area contributed by atoms with Crippen LogP contribution in [-0.2, 0) is 16.0 Å². The quantitative estimate of drug-likeness (QED) is 0.841. The summed E-state index contributed by atoms with van der Waals surface area (Å²) < 4.78 is 0. The molecule has 4 saturated carbocycles. The van der Waals surface area contributed by atoms with E-state index in [0.29, 0.717) is 18.4 Å². The van der Waals surface area contributed by atoms with Crippen molar-refractivity contribution in [2.75, 3.05) is 18.0 Å². The van der Waals surface area contributed by atoms with E-state index in [9.17, 15) is 9.59 Å². The SMILES string of the molecule is CCc1ccc(N2C[C@H](C(=O)NCC34CC5CC(CC(C5)C3)C4)CC2=O)cc1. The van der Waals surface area contributed by atoms with Gasteiger partial charge in [0.15, 0.2) is 0 Å². The molecule has 4 bridgehead atoms. The number of aryl methyl sites for hydroxylation is 1. The first kappa shape index (κ1) is 18.2. The first-order valence-corrected chi connectivity index (χ1v) is 11.2. The van der Waals surface area contributed by atoms with Gasteiger partial charge < -0.3 is 10.2 Å². The normalized spacial score (nSPS) is 36.2. The van der Waals surface area contributed by atoms with Crippen molar-refractivity contribution in [2.45, 2.75) is 58.3 Å². The van der Waals surface area contributed by atoms with Gasteiger partial charge in [-0.05, 0) is 85.8 Å². The van der Waals surface area contributed by atoms with Gasteiger partial charge >= 0.3 is 0 Å². The molecule has 4 nitrogen and oxygen atoms in total. The zero-order chi connectivity index (χ0) is 19.3. The first-order chi connectivity index (χ1) is 13.5. The molecule has 1 N–H and O–H groups in total. The molecule has 1 atom stereocenters. The van der Waals surface area contributed by atoms with Gasteiger partial charge in [-0.2, -0.15) is 0 Å². The van der Waals surface area contributed by atoms with E-state index in [1.165, 1.54) is 44.1 Å². The number of hydrogen-bond acceptors (Lipinski definition) is 2. The maximum absolute atomic E-state index is 12.9. The highest BCUT2D eigenvalue weighted by Crippen LogP contribution is 2.59. The predicted octanol–water partition coefficient (Wildman–Crippen LogP) is 3.93. The molecule has 0 aromatic heterocycles. The van der Waals surface area contributed by atoms with Crippen molar-refractivity contribution in [3.63, 3.8) is 0 Å². The summed E-state index contributed by atoms with van der Waals surface area (Å²) in [7, 11) is 0. The predicted molar refractivity (Wildman–Crippen MR) is 110 cm³/mol. The third kappa shape index (κ3) is 3.25. The van der Waals surface area contributed by atoms with Crippen molar-refractivity contribution in [3.8, 4) is 0 Å². The standard InChI is InChI=1S/C24H32N2O2/c1-2-16-3-5-21(6-4-16)26-14-20(10-22(26)27)23(28)25-15-24-11-17-7-18(12-24)9-19(8-17)13-24/h3-6,17-20H,2,7-15H2,1H3,(H,25,28)/t17?,18?,19?,20-,24?/m1/s1. The third-order valence-corrected chi connectivity index (χ3v) is 7.95. The summed E-state index contributed by atoms with van der Waals surface area (Å²) in [5.74, 6) is 2.64. The lowest BCUT2D eigenvalue weighted by molar-refractivity contribution is -0.128. The highest BCUT2D eigenvalue weighted by Gasteiger charge is 2.51. The van der Waals surface area contributed by atoms with Crippen LogP contribution in [-0.4, -0.2) is 24.9 Å². The highest BCUT2D eigenvalue weighted by atomic mass is 16.2. The summed E-state index contributed by atoms with van der Waals surface area (Å²) >= 11 is 0. The summed E-state index contributed by atoms with van der Waals surface area (Å²) in [6.45, 7) is 3.46. The van der Waals surface area contributed by atoms with Crippen LogP contribution >= 0.6 is 0 Å². The Morgan fingerprint density at radius 1 is 1.07 bits per heavy atom. The second-order valence-electron chi connectivity index (χ2n) is 10.1. The number of carbonyl (C=O) groups excluding carboxylic acids is 2. The maximum Gasteiger partial charge on any atom is 0.227 e. The number of nitrogens with one attached hydrogen (secondary N) is 1. The molecule has 1 heterocycles. The molecule has 4 heteroatoms. The van der Waals surface area contributed by atoms with Crippen LogP contribution < -0.4 is 10.2 Å². The number of amides is 2. The number of nitrogens with zero attached hydrogens (tertiary/aromatic N) is 1. The molecule has 0 unspecified atom stereocenters. The Morgan fingerprint density at radius 2 is 1.68 bits per heavy atom.